The van der Waals surface area contributed by atoms with Gasteiger partial charge in [-0.2, -0.15) is 0 Å². The number of pyridine rings is 1. The van der Waals surface area contributed by atoms with Crippen LogP contribution in [0.2, 0.25) is 0 Å². The van der Waals surface area contributed by atoms with E-state index in [1.807, 2.05) is 12.1 Å². The Labute approximate surface area is 123 Å². The number of nitrogens with zero attached hydrogens (tertiary/aromatic N) is 3. The summed E-state index contributed by atoms with van der Waals surface area (Å²) in [5, 5.41) is 3.71. The molecule has 1 aliphatic rings. The van der Waals surface area contributed by atoms with Crippen molar-refractivity contribution in [3.63, 3.8) is 0 Å². The van der Waals surface area contributed by atoms with E-state index in [2.05, 4.69) is 26.1 Å². The van der Waals surface area contributed by atoms with Gasteiger partial charge in [-0.15, -0.1) is 0 Å². The Balaban J connectivity index is 1.57. The van der Waals surface area contributed by atoms with Crippen LogP contribution < -0.4 is 4.74 Å². The van der Waals surface area contributed by atoms with Crippen molar-refractivity contribution >= 4 is 21.8 Å². The van der Waals surface area contributed by atoms with E-state index in [4.69, 9.17) is 9.26 Å². The fourth-order valence-electron chi connectivity index (χ4n) is 1.92. The zero-order valence-electron chi connectivity index (χ0n) is 10.7. The number of carbonyl (C=O) groups excluding carboxylic acids is 1. The van der Waals surface area contributed by atoms with Gasteiger partial charge in [0, 0.05) is 12.3 Å². The van der Waals surface area contributed by atoms with Gasteiger partial charge in [0.05, 0.1) is 17.6 Å². The second kappa shape index (κ2) is 5.24. The Morgan fingerprint density at radius 3 is 3.00 bits per heavy atom. The number of carbonyl (C=O) groups is 1. The van der Waals surface area contributed by atoms with E-state index in [1.54, 1.807) is 24.1 Å². The predicted octanol–water partition coefficient (Wildman–Crippen LogP) is 2.04. The number of amides is 1. The highest BCUT2D eigenvalue weighted by molar-refractivity contribution is 9.10. The first-order valence-electron chi connectivity index (χ1n) is 6.13. The molecule has 0 atom stereocenters. The summed E-state index contributed by atoms with van der Waals surface area (Å²) >= 11 is 3.37. The number of hydrogen-bond acceptors (Lipinski definition) is 5. The van der Waals surface area contributed by atoms with Crippen molar-refractivity contribution in [1.29, 1.82) is 0 Å². The van der Waals surface area contributed by atoms with Crippen molar-refractivity contribution in [2.45, 2.75) is 13.0 Å². The lowest BCUT2D eigenvalue weighted by Gasteiger charge is -2.38. The molecule has 1 amide bonds. The highest BCUT2D eigenvalue weighted by atomic mass is 79.9. The lowest BCUT2D eigenvalue weighted by Crippen LogP contribution is -2.56. The minimum Gasteiger partial charge on any atom is -0.470 e. The van der Waals surface area contributed by atoms with E-state index in [0.717, 1.165) is 4.47 Å². The Morgan fingerprint density at radius 1 is 1.55 bits per heavy atom. The van der Waals surface area contributed by atoms with E-state index in [-0.39, 0.29) is 12.0 Å². The lowest BCUT2D eigenvalue weighted by atomic mass is 10.1. The SMILES string of the molecule is Cc1cc(C(=O)N2CC(Oc3ncccc3Br)C2)no1. The maximum Gasteiger partial charge on any atom is 0.276 e. The standard InChI is InChI=1S/C13H12BrN3O3/c1-8-5-11(16-20-8)13(18)17-6-9(7-17)19-12-10(14)3-2-4-15-12/h2-5,9H,6-7H2,1H3. The average Bonchev–Trinajstić information content (AvgIpc) is 2.81. The Kier molecular flexibility index (Phi) is 3.43. The summed E-state index contributed by atoms with van der Waals surface area (Å²) in [5.41, 5.74) is 0.333. The first kappa shape index (κ1) is 13.1. The summed E-state index contributed by atoms with van der Waals surface area (Å²) in [6.45, 7) is 2.80. The lowest BCUT2D eigenvalue weighted by molar-refractivity contribution is 0.0150. The monoisotopic (exact) mass is 337 g/mol. The highest BCUT2D eigenvalue weighted by Gasteiger charge is 2.34. The molecule has 6 nitrogen and oxygen atoms in total. The molecule has 0 unspecified atom stereocenters. The van der Waals surface area contributed by atoms with Crippen LogP contribution in [0.1, 0.15) is 16.2 Å². The van der Waals surface area contributed by atoms with E-state index >= 15 is 0 Å². The van der Waals surface area contributed by atoms with Gasteiger partial charge in [0.15, 0.2) is 5.69 Å². The molecule has 0 saturated carbocycles. The van der Waals surface area contributed by atoms with E-state index < -0.39 is 0 Å². The molecule has 3 heterocycles. The molecule has 3 rings (SSSR count). The third-order valence-electron chi connectivity index (χ3n) is 2.99. The number of halogens is 1. The number of hydrogen-bond donors (Lipinski definition) is 0. The first-order valence-corrected chi connectivity index (χ1v) is 6.92. The largest absolute Gasteiger partial charge is 0.470 e. The summed E-state index contributed by atoms with van der Waals surface area (Å²) in [6.07, 6.45) is 1.62. The molecule has 2 aromatic heterocycles. The molecule has 0 bridgehead atoms. The number of rotatable bonds is 3. The molecule has 1 fully saturated rings. The fraction of sp³-hybridized carbons (Fsp3) is 0.308. The normalized spacial score (nSPS) is 15.0. The Morgan fingerprint density at radius 2 is 2.35 bits per heavy atom. The second-order valence-electron chi connectivity index (χ2n) is 4.56. The van der Waals surface area contributed by atoms with E-state index in [0.29, 0.717) is 30.4 Å². The zero-order chi connectivity index (χ0) is 14.1. The molecular formula is C13H12BrN3O3. The quantitative estimate of drug-likeness (QED) is 0.857. The molecule has 0 N–H and O–H groups in total. The van der Waals surface area contributed by atoms with Crippen LogP contribution in [0.4, 0.5) is 0 Å². The number of ether oxygens (including phenoxy) is 1. The van der Waals surface area contributed by atoms with Gasteiger partial charge in [-0.1, -0.05) is 5.16 Å². The summed E-state index contributed by atoms with van der Waals surface area (Å²) in [7, 11) is 0. The third-order valence-corrected chi connectivity index (χ3v) is 3.59. The summed E-state index contributed by atoms with van der Waals surface area (Å²) in [4.78, 5) is 17.8. The molecule has 0 radical (unpaired) electrons. The molecular weight excluding hydrogens is 326 g/mol. The van der Waals surface area contributed by atoms with Crippen LogP contribution in [-0.2, 0) is 0 Å². The molecule has 1 saturated heterocycles. The minimum atomic E-state index is -0.137. The molecule has 7 heteroatoms. The molecule has 0 aromatic carbocycles. The highest BCUT2D eigenvalue weighted by Crippen LogP contribution is 2.25. The molecule has 104 valence electrons. The van der Waals surface area contributed by atoms with Crippen molar-refractivity contribution in [3.05, 3.63) is 40.3 Å². The molecule has 2 aromatic rings. The first-order chi connectivity index (χ1) is 9.63. The minimum absolute atomic E-state index is 0.0434. The Bertz CT molecular complexity index is 637. The van der Waals surface area contributed by atoms with Crippen molar-refractivity contribution in [2.75, 3.05) is 13.1 Å². The van der Waals surface area contributed by atoms with Crippen molar-refractivity contribution in [2.24, 2.45) is 0 Å². The predicted molar refractivity (Wildman–Crippen MR) is 73.5 cm³/mol. The van der Waals surface area contributed by atoms with Gasteiger partial charge in [-0.3, -0.25) is 4.79 Å². The third kappa shape index (κ3) is 2.53. The van der Waals surface area contributed by atoms with Gasteiger partial charge >= 0.3 is 0 Å². The van der Waals surface area contributed by atoms with E-state index in [1.165, 1.54) is 0 Å². The number of aryl methyl sites for hydroxylation is 1. The van der Waals surface area contributed by atoms with Gasteiger partial charge in [-0.25, -0.2) is 4.98 Å². The van der Waals surface area contributed by atoms with Gasteiger partial charge in [0.2, 0.25) is 5.88 Å². The van der Waals surface area contributed by atoms with Crippen LogP contribution in [0.3, 0.4) is 0 Å². The molecule has 20 heavy (non-hydrogen) atoms. The topological polar surface area (TPSA) is 68.5 Å². The van der Waals surface area contributed by atoms with Gasteiger partial charge in [-0.05, 0) is 35.0 Å². The van der Waals surface area contributed by atoms with Crippen LogP contribution in [0.25, 0.3) is 0 Å². The van der Waals surface area contributed by atoms with Gasteiger partial charge in [0.25, 0.3) is 5.91 Å². The summed E-state index contributed by atoms with van der Waals surface area (Å²) < 4.78 is 11.4. The smallest absolute Gasteiger partial charge is 0.276 e. The van der Waals surface area contributed by atoms with Crippen molar-refractivity contribution in [3.8, 4) is 5.88 Å². The van der Waals surface area contributed by atoms with Crippen LogP contribution in [-0.4, -0.2) is 40.1 Å². The van der Waals surface area contributed by atoms with Gasteiger partial charge in [0.1, 0.15) is 11.9 Å². The second-order valence-corrected chi connectivity index (χ2v) is 5.42. The van der Waals surface area contributed by atoms with Crippen LogP contribution >= 0.6 is 15.9 Å². The molecule has 1 aliphatic heterocycles. The zero-order valence-corrected chi connectivity index (χ0v) is 12.3. The maximum absolute atomic E-state index is 12.0. The summed E-state index contributed by atoms with van der Waals surface area (Å²) in [6, 6.07) is 5.31. The van der Waals surface area contributed by atoms with Crippen LogP contribution in [0, 0.1) is 6.92 Å². The average molecular weight is 338 g/mol. The van der Waals surface area contributed by atoms with E-state index in [9.17, 15) is 4.79 Å². The van der Waals surface area contributed by atoms with Gasteiger partial charge < -0.3 is 14.2 Å². The fourth-order valence-corrected chi connectivity index (χ4v) is 2.27. The molecule has 0 aliphatic carbocycles. The van der Waals surface area contributed by atoms with Crippen molar-refractivity contribution in [1.82, 2.24) is 15.0 Å². The van der Waals surface area contributed by atoms with Crippen LogP contribution in [0.5, 0.6) is 5.88 Å². The number of likely N-dealkylation sites (tertiary alicyclic amines) is 1. The summed E-state index contributed by atoms with van der Waals surface area (Å²) in [5.74, 6) is 1.03. The Hall–Kier alpha value is -1.89. The van der Waals surface area contributed by atoms with Crippen molar-refractivity contribution < 1.29 is 14.1 Å². The number of aromatic nitrogens is 2. The maximum atomic E-state index is 12.0. The van der Waals surface area contributed by atoms with Crippen LogP contribution in [0.15, 0.2) is 33.4 Å². The molecule has 0 spiro atoms.